The zero-order valence-corrected chi connectivity index (χ0v) is 26.4. The number of hydrogen-bond acceptors (Lipinski definition) is 8. The van der Waals surface area contributed by atoms with Crippen LogP contribution < -0.4 is 19.3 Å². The number of amides is 1. The van der Waals surface area contributed by atoms with Crippen molar-refractivity contribution in [2.45, 2.75) is 39.5 Å². The van der Waals surface area contributed by atoms with Crippen LogP contribution in [0.2, 0.25) is 0 Å². The highest BCUT2D eigenvalue weighted by Gasteiger charge is 2.29. The van der Waals surface area contributed by atoms with Gasteiger partial charge in [0.2, 0.25) is 0 Å². The van der Waals surface area contributed by atoms with Crippen molar-refractivity contribution in [2.24, 2.45) is 0 Å². The van der Waals surface area contributed by atoms with Crippen molar-refractivity contribution in [1.29, 1.82) is 0 Å². The van der Waals surface area contributed by atoms with Crippen molar-refractivity contribution >= 4 is 28.4 Å². The van der Waals surface area contributed by atoms with E-state index in [-0.39, 0.29) is 6.10 Å². The third-order valence-corrected chi connectivity index (χ3v) is 8.69. The molecule has 10 heteroatoms. The Morgan fingerprint density at radius 2 is 1.73 bits per heavy atom. The van der Waals surface area contributed by atoms with Crippen molar-refractivity contribution in [3.05, 3.63) is 83.6 Å². The number of rotatable bonds is 10. The Kier molecular flexibility index (Phi) is 9.21. The molecule has 6 rings (SSSR count). The fraction of sp³-hybridized carbons (Fsp3) is 0.400. The van der Waals surface area contributed by atoms with Gasteiger partial charge in [0, 0.05) is 62.0 Å². The lowest BCUT2D eigenvalue weighted by atomic mass is 10.0. The Morgan fingerprint density at radius 1 is 0.978 bits per heavy atom. The molecule has 0 aliphatic carbocycles. The average molecular weight is 611 g/mol. The number of hydrogen-bond donors (Lipinski definition) is 1. The summed E-state index contributed by atoms with van der Waals surface area (Å²) >= 11 is 0. The predicted molar refractivity (Wildman–Crippen MR) is 177 cm³/mol. The van der Waals surface area contributed by atoms with Gasteiger partial charge in [0.05, 0.1) is 12.2 Å². The second kappa shape index (κ2) is 13.6. The Labute approximate surface area is 264 Å². The van der Waals surface area contributed by atoms with Gasteiger partial charge < -0.3 is 34.2 Å². The molecular weight excluding hydrogens is 568 g/mol. The van der Waals surface area contributed by atoms with Crippen LogP contribution in [0.25, 0.3) is 10.8 Å². The van der Waals surface area contributed by atoms with Crippen LogP contribution in [0, 0.1) is 0 Å². The molecule has 10 nitrogen and oxygen atoms in total. The Balaban J connectivity index is 1.31. The number of piperazine rings is 1. The molecular formula is C35H42N6O4. The first-order chi connectivity index (χ1) is 21.9. The molecule has 4 aromatic rings. The molecule has 0 radical (unpaired) electrons. The maximum Gasteiger partial charge on any atom is 0.407 e. The van der Waals surface area contributed by atoms with Crippen LogP contribution in [0.15, 0.2) is 66.7 Å². The summed E-state index contributed by atoms with van der Waals surface area (Å²) in [5.41, 5.74) is 4.29. The van der Waals surface area contributed by atoms with E-state index in [4.69, 9.17) is 19.4 Å². The lowest BCUT2D eigenvalue weighted by Crippen LogP contribution is -2.49. The average Bonchev–Trinajstić information content (AvgIpc) is 3.06. The number of fused-ring (bicyclic) bond motifs is 2. The van der Waals surface area contributed by atoms with Crippen LogP contribution in [0.3, 0.4) is 0 Å². The van der Waals surface area contributed by atoms with E-state index in [1.807, 2.05) is 25.1 Å². The summed E-state index contributed by atoms with van der Waals surface area (Å²) < 4.78 is 12.6. The fourth-order valence-corrected chi connectivity index (χ4v) is 6.15. The van der Waals surface area contributed by atoms with Crippen molar-refractivity contribution in [3.8, 4) is 11.8 Å². The summed E-state index contributed by atoms with van der Waals surface area (Å²) in [4.78, 5) is 29.7. The molecule has 0 saturated carbocycles. The van der Waals surface area contributed by atoms with Crippen LogP contribution in [0.1, 0.15) is 30.7 Å². The van der Waals surface area contributed by atoms with Gasteiger partial charge in [-0.05, 0) is 44.0 Å². The van der Waals surface area contributed by atoms with Crippen molar-refractivity contribution in [3.63, 3.8) is 0 Å². The molecule has 2 aliphatic heterocycles. The molecule has 1 amide bonds. The summed E-state index contributed by atoms with van der Waals surface area (Å²) in [5, 5.41) is 11.8. The molecule has 1 atom stereocenters. The van der Waals surface area contributed by atoms with E-state index in [0.717, 1.165) is 65.5 Å². The highest BCUT2D eigenvalue weighted by Crippen LogP contribution is 2.37. The molecule has 0 spiro atoms. The van der Waals surface area contributed by atoms with Crippen LogP contribution in [0.4, 0.5) is 16.3 Å². The number of benzene rings is 3. The third kappa shape index (κ3) is 7.06. The number of carbonyl (C=O) groups is 1. The number of anilines is 2. The minimum atomic E-state index is -0.880. The Morgan fingerprint density at radius 3 is 2.49 bits per heavy atom. The number of aromatic nitrogens is 2. The SMILES string of the molecule is CCN(C)CC(C)Oc1nc2c(c(N3CCN(C(=O)O)CC3)n1)CCN(c1cc(OCc3ccccc3)cc3ccccc13)C2. The molecule has 3 heterocycles. The van der Waals surface area contributed by atoms with Crippen molar-refractivity contribution in [2.75, 3.05) is 62.7 Å². The smallest absolute Gasteiger partial charge is 0.407 e. The minimum absolute atomic E-state index is 0.0909. The molecule has 0 bridgehead atoms. The van der Waals surface area contributed by atoms with E-state index < -0.39 is 6.09 Å². The van der Waals surface area contributed by atoms with Crippen LogP contribution in [-0.2, 0) is 19.6 Å². The van der Waals surface area contributed by atoms with Crippen molar-refractivity contribution in [1.82, 2.24) is 19.8 Å². The van der Waals surface area contributed by atoms with Gasteiger partial charge in [-0.15, -0.1) is 0 Å². The first-order valence-electron chi connectivity index (χ1n) is 15.8. The molecule has 1 N–H and O–H groups in total. The van der Waals surface area contributed by atoms with Crippen LogP contribution >= 0.6 is 0 Å². The first kappa shape index (κ1) is 30.5. The number of carboxylic acid groups (broad SMARTS) is 1. The highest BCUT2D eigenvalue weighted by molar-refractivity contribution is 5.95. The van der Waals surface area contributed by atoms with Gasteiger partial charge in [-0.25, -0.2) is 4.79 Å². The van der Waals surface area contributed by atoms with Crippen molar-refractivity contribution < 1.29 is 19.4 Å². The largest absolute Gasteiger partial charge is 0.489 e. The van der Waals surface area contributed by atoms with Gasteiger partial charge in [0.25, 0.3) is 0 Å². The number of nitrogens with zero attached hydrogens (tertiary/aromatic N) is 6. The van der Waals surface area contributed by atoms with Gasteiger partial charge in [0.15, 0.2) is 0 Å². The summed E-state index contributed by atoms with van der Waals surface area (Å²) in [7, 11) is 2.07. The third-order valence-electron chi connectivity index (χ3n) is 8.69. The monoisotopic (exact) mass is 610 g/mol. The quantitative estimate of drug-likeness (QED) is 0.257. The van der Waals surface area contributed by atoms with Gasteiger partial charge in [0.1, 0.15) is 24.3 Å². The molecule has 1 aromatic heterocycles. The molecule has 236 valence electrons. The maximum absolute atomic E-state index is 11.6. The highest BCUT2D eigenvalue weighted by atomic mass is 16.5. The Bertz CT molecular complexity index is 1630. The van der Waals surface area contributed by atoms with Gasteiger partial charge >= 0.3 is 12.1 Å². The van der Waals surface area contributed by atoms with E-state index in [1.165, 1.54) is 10.3 Å². The molecule has 1 fully saturated rings. The molecule has 3 aromatic carbocycles. The zero-order chi connectivity index (χ0) is 31.3. The van der Waals surface area contributed by atoms with Crippen LogP contribution in [0.5, 0.6) is 11.8 Å². The standard InChI is InChI=1S/C35H42N6O4/c1-4-38(3)22-25(2)45-34-36-31-23-41(15-14-30(31)33(37-34)39-16-18-40(19-17-39)35(42)43)32-21-28(20-27-12-8-9-13-29(27)32)44-24-26-10-6-5-7-11-26/h5-13,20-21,25H,4,14-19,22-24H2,1-3H3,(H,42,43). The maximum atomic E-state index is 11.6. The summed E-state index contributed by atoms with van der Waals surface area (Å²) in [6, 6.07) is 23.3. The van der Waals surface area contributed by atoms with E-state index in [1.54, 1.807) is 0 Å². The summed E-state index contributed by atoms with van der Waals surface area (Å²) in [6.45, 7) is 9.79. The predicted octanol–water partition coefficient (Wildman–Crippen LogP) is 5.29. The lowest BCUT2D eigenvalue weighted by Gasteiger charge is -2.37. The number of likely N-dealkylation sites (N-methyl/N-ethyl adjacent to an activating group) is 1. The second-order valence-electron chi connectivity index (χ2n) is 11.9. The summed E-state index contributed by atoms with van der Waals surface area (Å²) in [6.07, 6.45) is -0.205. The molecule has 1 saturated heterocycles. The molecule has 45 heavy (non-hydrogen) atoms. The topological polar surface area (TPSA) is 94.5 Å². The summed E-state index contributed by atoms with van der Waals surface area (Å²) in [5.74, 6) is 1.69. The molecule has 1 unspecified atom stereocenters. The van der Waals surface area contributed by atoms with E-state index in [9.17, 15) is 9.90 Å². The fourth-order valence-electron chi connectivity index (χ4n) is 6.15. The van der Waals surface area contributed by atoms with Gasteiger partial charge in [-0.3, -0.25) is 0 Å². The Hall–Kier alpha value is -4.57. The van der Waals surface area contributed by atoms with Gasteiger partial charge in [-0.1, -0.05) is 61.5 Å². The zero-order valence-electron chi connectivity index (χ0n) is 26.4. The number of ether oxygens (including phenoxy) is 2. The molecule has 2 aliphatic rings. The van der Waals surface area contributed by atoms with E-state index >= 15 is 0 Å². The minimum Gasteiger partial charge on any atom is -0.489 e. The van der Waals surface area contributed by atoms with E-state index in [0.29, 0.717) is 45.3 Å². The van der Waals surface area contributed by atoms with Gasteiger partial charge in [-0.2, -0.15) is 9.97 Å². The lowest BCUT2D eigenvalue weighted by molar-refractivity contribution is 0.142. The van der Waals surface area contributed by atoms with Crippen LogP contribution in [-0.4, -0.2) is 89.9 Å². The van der Waals surface area contributed by atoms with E-state index in [2.05, 4.69) is 77.2 Å². The first-order valence-corrected chi connectivity index (χ1v) is 15.8. The normalized spacial score (nSPS) is 15.7. The second-order valence-corrected chi connectivity index (χ2v) is 11.9.